The third-order valence-electron chi connectivity index (χ3n) is 3.54. The summed E-state index contributed by atoms with van der Waals surface area (Å²) < 4.78 is 5.56. The molecule has 1 aliphatic rings. The molecular weight excluding hydrogens is 274 g/mol. The van der Waals surface area contributed by atoms with Crippen LogP contribution in [-0.2, 0) is 11.3 Å². The number of ether oxygens (including phenoxy) is 1. The number of anilines is 1. The van der Waals surface area contributed by atoms with Gasteiger partial charge < -0.3 is 15.0 Å². The van der Waals surface area contributed by atoms with E-state index in [0.717, 1.165) is 37.7 Å². The van der Waals surface area contributed by atoms with E-state index in [-0.39, 0.29) is 5.54 Å². The second kappa shape index (κ2) is 6.29. The number of halogens is 1. The Morgan fingerprint density at radius 2 is 2.25 bits per heavy atom. The van der Waals surface area contributed by atoms with E-state index in [2.05, 4.69) is 49.0 Å². The first-order valence-corrected chi connectivity index (χ1v) is 7.51. The molecule has 1 N–H and O–H groups in total. The second-order valence-corrected chi connectivity index (χ2v) is 6.59. The quantitative estimate of drug-likeness (QED) is 0.927. The Morgan fingerprint density at radius 3 is 2.90 bits per heavy atom. The molecule has 0 spiro atoms. The molecule has 5 heteroatoms. The van der Waals surface area contributed by atoms with Crippen molar-refractivity contribution in [2.45, 2.75) is 45.8 Å². The summed E-state index contributed by atoms with van der Waals surface area (Å²) in [7, 11) is 0. The summed E-state index contributed by atoms with van der Waals surface area (Å²) in [5.74, 6) is 0.975. The molecule has 0 unspecified atom stereocenters. The van der Waals surface area contributed by atoms with Gasteiger partial charge in [-0.25, -0.2) is 4.98 Å². The van der Waals surface area contributed by atoms with Gasteiger partial charge in [-0.2, -0.15) is 0 Å². The third kappa shape index (κ3) is 3.62. The van der Waals surface area contributed by atoms with Gasteiger partial charge in [0.2, 0.25) is 0 Å². The van der Waals surface area contributed by atoms with Gasteiger partial charge in [0.05, 0.1) is 23.8 Å². The number of hydrogen-bond donors (Lipinski definition) is 1. The zero-order valence-corrected chi connectivity index (χ0v) is 13.5. The van der Waals surface area contributed by atoms with Crippen LogP contribution in [0.1, 0.15) is 33.3 Å². The van der Waals surface area contributed by atoms with Gasteiger partial charge in [-0.3, -0.25) is 0 Å². The Bertz CT molecular complexity index is 462. The van der Waals surface area contributed by atoms with Crippen LogP contribution in [0.3, 0.4) is 0 Å². The predicted molar refractivity (Wildman–Crippen MR) is 83.5 cm³/mol. The normalized spacial score (nSPS) is 18.6. The van der Waals surface area contributed by atoms with Crippen LogP contribution in [-0.4, -0.2) is 36.3 Å². The maximum absolute atomic E-state index is 6.24. The van der Waals surface area contributed by atoms with E-state index < -0.39 is 0 Å². The van der Waals surface area contributed by atoms with E-state index in [1.807, 2.05) is 0 Å². The molecule has 4 nitrogen and oxygen atoms in total. The summed E-state index contributed by atoms with van der Waals surface area (Å²) in [4.78, 5) is 6.79. The second-order valence-electron chi connectivity index (χ2n) is 6.19. The highest BCUT2D eigenvalue weighted by Gasteiger charge is 2.31. The lowest BCUT2D eigenvalue weighted by molar-refractivity contribution is 0.0639. The number of hydrogen-bond acceptors (Lipinski definition) is 4. The molecule has 1 fully saturated rings. The van der Waals surface area contributed by atoms with Crippen LogP contribution < -0.4 is 10.2 Å². The van der Waals surface area contributed by atoms with Gasteiger partial charge in [-0.15, -0.1) is 0 Å². The van der Waals surface area contributed by atoms with Crippen LogP contribution in [0.25, 0.3) is 0 Å². The molecule has 2 rings (SSSR count). The zero-order chi connectivity index (χ0) is 14.8. The van der Waals surface area contributed by atoms with E-state index in [0.29, 0.717) is 11.1 Å². The van der Waals surface area contributed by atoms with Gasteiger partial charge in [0, 0.05) is 25.3 Å². The van der Waals surface area contributed by atoms with Crippen LogP contribution >= 0.6 is 11.6 Å². The lowest BCUT2D eigenvalue weighted by Gasteiger charge is -2.43. The number of nitrogens with zero attached hydrogens (tertiary/aromatic N) is 2. The van der Waals surface area contributed by atoms with Gasteiger partial charge in [-0.1, -0.05) is 25.4 Å². The largest absolute Gasteiger partial charge is 0.377 e. The molecule has 20 heavy (non-hydrogen) atoms. The fourth-order valence-corrected chi connectivity index (χ4v) is 2.52. The molecule has 0 bridgehead atoms. The van der Waals surface area contributed by atoms with Crippen molar-refractivity contribution >= 4 is 17.4 Å². The van der Waals surface area contributed by atoms with Crippen LogP contribution in [0.2, 0.25) is 5.02 Å². The van der Waals surface area contributed by atoms with Crippen LogP contribution in [0.5, 0.6) is 0 Å². The van der Waals surface area contributed by atoms with Crippen molar-refractivity contribution in [3.05, 3.63) is 22.8 Å². The SMILES string of the molecule is CC(C)NCc1cc(N2CCOCC2(C)C)ncc1Cl. The Kier molecular flexibility index (Phi) is 4.89. The molecule has 1 aromatic rings. The van der Waals surface area contributed by atoms with Gasteiger partial charge in [0.1, 0.15) is 5.82 Å². The molecule has 0 amide bonds. The topological polar surface area (TPSA) is 37.4 Å². The Balaban J connectivity index is 2.21. The molecule has 1 aliphatic heterocycles. The monoisotopic (exact) mass is 297 g/mol. The highest BCUT2D eigenvalue weighted by molar-refractivity contribution is 6.31. The summed E-state index contributed by atoms with van der Waals surface area (Å²) in [6.07, 6.45) is 1.75. The van der Waals surface area contributed by atoms with Crippen molar-refractivity contribution in [2.75, 3.05) is 24.7 Å². The molecule has 0 saturated carbocycles. The first-order chi connectivity index (χ1) is 9.40. The van der Waals surface area contributed by atoms with Gasteiger partial charge in [-0.05, 0) is 25.5 Å². The minimum Gasteiger partial charge on any atom is -0.377 e. The van der Waals surface area contributed by atoms with E-state index >= 15 is 0 Å². The maximum Gasteiger partial charge on any atom is 0.129 e. The molecule has 112 valence electrons. The van der Waals surface area contributed by atoms with Crippen LogP contribution in [0.15, 0.2) is 12.3 Å². The fraction of sp³-hybridized carbons (Fsp3) is 0.667. The van der Waals surface area contributed by atoms with Crippen molar-refractivity contribution in [1.29, 1.82) is 0 Å². The molecule has 0 aliphatic carbocycles. The number of morpholine rings is 1. The standard InChI is InChI=1S/C15H24ClN3O/c1-11(2)17-8-12-7-14(18-9-13(12)16)19-5-6-20-10-15(19,3)4/h7,9,11,17H,5-6,8,10H2,1-4H3. The van der Waals surface area contributed by atoms with Crippen molar-refractivity contribution in [3.63, 3.8) is 0 Å². The lowest BCUT2D eigenvalue weighted by atomic mass is 10.0. The zero-order valence-electron chi connectivity index (χ0n) is 12.7. The average Bonchev–Trinajstić information content (AvgIpc) is 2.37. The van der Waals surface area contributed by atoms with E-state index in [4.69, 9.17) is 16.3 Å². The molecule has 2 heterocycles. The van der Waals surface area contributed by atoms with Crippen molar-refractivity contribution in [2.24, 2.45) is 0 Å². The fourth-order valence-electron chi connectivity index (χ4n) is 2.35. The molecule has 0 aromatic carbocycles. The van der Waals surface area contributed by atoms with E-state index in [1.165, 1.54) is 0 Å². The Morgan fingerprint density at radius 1 is 1.50 bits per heavy atom. The number of aromatic nitrogens is 1. The van der Waals surface area contributed by atoms with Gasteiger partial charge in [0.25, 0.3) is 0 Å². The smallest absolute Gasteiger partial charge is 0.129 e. The highest BCUT2D eigenvalue weighted by Crippen LogP contribution is 2.28. The van der Waals surface area contributed by atoms with Crippen LogP contribution in [0.4, 0.5) is 5.82 Å². The average molecular weight is 298 g/mol. The molecular formula is C15H24ClN3O. The third-order valence-corrected chi connectivity index (χ3v) is 3.88. The van der Waals surface area contributed by atoms with Gasteiger partial charge in [0.15, 0.2) is 0 Å². The molecule has 1 saturated heterocycles. The summed E-state index contributed by atoms with van der Waals surface area (Å²) in [6, 6.07) is 2.52. The first kappa shape index (κ1) is 15.5. The summed E-state index contributed by atoms with van der Waals surface area (Å²) in [5.41, 5.74) is 1.05. The molecule has 0 radical (unpaired) electrons. The Hall–Kier alpha value is -0.840. The van der Waals surface area contributed by atoms with Crippen molar-refractivity contribution in [3.8, 4) is 0 Å². The number of rotatable bonds is 4. The van der Waals surface area contributed by atoms with E-state index in [1.54, 1.807) is 6.20 Å². The predicted octanol–water partition coefficient (Wildman–Crippen LogP) is 2.85. The molecule has 1 aromatic heterocycles. The molecule has 0 atom stereocenters. The highest BCUT2D eigenvalue weighted by atomic mass is 35.5. The Labute approximate surface area is 126 Å². The lowest BCUT2D eigenvalue weighted by Crippen LogP contribution is -2.53. The first-order valence-electron chi connectivity index (χ1n) is 7.13. The minimum absolute atomic E-state index is 0.0399. The van der Waals surface area contributed by atoms with Gasteiger partial charge >= 0.3 is 0 Å². The van der Waals surface area contributed by atoms with Crippen molar-refractivity contribution < 1.29 is 4.74 Å². The maximum atomic E-state index is 6.24. The summed E-state index contributed by atoms with van der Waals surface area (Å²) in [5, 5.41) is 4.11. The number of nitrogens with one attached hydrogen (secondary N) is 1. The van der Waals surface area contributed by atoms with Crippen molar-refractivity contribution in [1.82, 2.24) is 10.3 Å². The summed E-state index contributed by atoms with van der Waals surface area (Å²) >= 11 is 6.24. The van der Waals surface area contributed by atoms with E-state index in [9.17, 15) is 0 Å². The van der Waals surface area contributed by atoms with Crippen LogP contribution in [0, 0.1) is 0 Å². The summed E-state index contributed by atoms with van der Waals surface area (Å²) in [6.45, 7) is 11.7. The minimum atomic E-state index is -0.0399. The number of pyridine rings is 1.